The Morgan fingerprint density at radius 1 is 0.867 bits per heavy atom. The van der Waals surface area contributed by atoms with Crippen LogP contribution in [-0.4, -0.2) is 16.9 Å². The number of hydrogen-bond donors (Lipinski definition) is 3. The van der Waals surface area contributed by atoms with E-state index in [0.29, 0.717) is 21.9 Å². The van der Waals surface area contributed by atoms with Gasteiger partial charge < -0.3 is 10.6 Å². The average molecular weight is 417 g/mol. The van der Waals surface area contributed by atoms with Gasteiger partial charge in [-0.2, -0.15) is 0 Å². The number of fused-ring (bicyclic) bond motifs is 1. The number of urea groups is 1. The Hall–Kier alpha value is -3.71. The van der Waals surface area contributed by atoms with E-state index in [1.165, 1.54) is 16.9 Å². The van der Waals surface area contributed by atoms with Crippen molar-refractivity contribution in [2.24, 2.45) is 0 Å². The number of benzene rings is 3. The predicted molar refractivity (Wildman–Crippen MR) is 122 cm³/mol. The number of thiazole rings is 1. The molecule has 0 fully saturated rings. The summed E-state index contributed by atoms with van der Waals surface area (Å²) in [4.78, 5) is 29.1. The Kier molecular flexibility index (Phi) is 5.72. The summed E-state index contributed by atoms with van der Waals surface area (Å²) in [5.74, 6) is -0.207. The fraction of sp³-hybridized carbons (Fsp3) is 0.0870. The normalized spacial score (nSPS) is 10.6. The first-order valence-corrected chi connectivity index (χ1v) is 10.4. The van der Waals surface area contributed by atoms with Gasteiger partial charge in [0.2, 0.25) is 0 Å². The Morgan fingerprint density at radius 2 is 1.57 bits per heavy atom. The second kappa shape index (κ2) is 8.75. The zero-order valence-corrected chi connectivity index (χ0v) is 17.1. The van der Waals surface area contributed by atoms with Crippen molar-refractivity contribution >= 4 is 50.0 Å². The van der Waals surface area contributed by atoms with Crippen molar-refractivity contribution in [2.75, 3.05) is 16.0 Å². The molecule has 150 valence electrons. The minimum absolute atomic E-state index is 0.207. The number of carbonyl (C=O) groups is 2. The summed E-state index contributed by atoms with van der Waals surface area (Å²) < 4.78 is 0.916. The zero-order chi connectivity index (χ0) is 20.9. The average Bonchev–Trinajstić information content (AvgIpc) is 3.16. The molecule has 6 nitrogen and oxygen atoms in total. The van der Waals surface area contributed by atoms with Gasteiger partial charge in [0.25, 0.3) is 5.91 Å². The fourth-order valence-electron chi connectivity index (χ4n) is 2.93. The second-order valence-electron chi connectivity index (χ2n) is 6.65. The number of aromatic nitrogens is 1. The second-order valence-corrected chi connectivity index (χ2v) is 7.68. The van der Waals surface area contributed by atoms with E-state index in [9.17, 15) is 9.59 Å². The number of aryl methyl sites for hydroxylation is 1. The molecule has 7 heteroatoms. The summed E-state index contributed by atoms with van der Waals surface area (Å²) in [6, 6.07) is 21.9. The van der Waals surface area contributed by atoms with Gasteiger partial charge in [-0.15, -0.1) is 0 Å². The number of anilines is 3. The van der Waals surface area contributed by atoms with E-state index in [-0.39, 0.29) is 11.9 Å². The molecule has 30 heavy (non-hydrogen) atoms. The van der Waals surface area contributed by atoms with Crippen molar-refractivity contribution < 1.29 is 9.59 Å². The molecule has 4 rings (SSSR count). The van der Waals surface area contributed by atoms with Crippen LogP contribution in [0.1, 0.15) is 22.8 Å². The predicted octanol–water partition coefficient (Wildman–Crippen LogP) is 5.76. The molecule has 4 aromatic rings. The zero-order valence-electron chi connectivity index (χ0n) is 16.3. The lowest BCUT2D eigenvalue weighted by atomic mass is 10.1. The molecule has 3 N–H and O–H groups in total. The largest absolute Gasteiger partial charge is 0.323 e. The van der Waals surface area contributed by atoms with Gasteiger partial charge in [-0.3, -0.25) is 10.1 Å². The first-order valence-electron chi connectivity index (χ1n) is 9.54. The van der Waals surface area contributed by atoms with Crippen LogP contribution in [0, 0.1) is 0 Å². The lowest BCUT2D eigenvalue weighted by Crippen LogP contribution is -2.19. The lowest BCUT2D eigenvalue weighted by Gasteiger charge is -2.08. The molecule has 1 heterocycles. The Morgan fingerprint density at radius 3 is 2.30 bits per heavy atom. The standard InChI is InChI=1S/C23H20N4O2S/c1-2-15-8-10-17(11-9-15)24-22(29)25-18-12-13-20-19(14-18)26-23(30-20)27-21(28)16-6-4-3-5-7-16/h3-14H,2H2,1H3,(H2,24,25,29)(H,26,27,28). The summed E-state index contributed by atoms with van der Waals surface area (Å²) >= 11 is 1.38. The van der Waals surface area contributed by atoms with Crippen LogP contribution in [0.15, 0.2) is 72.8 Å². The molecule has 0 saturated carbocycles. The quantitative estimate of drug-likeness (QED) is 0.387. The minimum Gasteiger partial charge on any atom is -0.308 e. The summed E-state index contributed by atoms with van der Waals surface area (Å²) in [5.41, 5.74) is 3.84. The molecule has 0 saturated heterocycles. The highest BCUT2D eigenvalue weighted by Gasteiger charge is 2.11. The van der Waals surface area contributed by atoms with Crippen molar-refractivity contribution in [3.05, 3.63) is 83.9 Å². The summed E-state index contributed by atoms with van der Waals surface area (Å²) in [7, 11) is 0. The topological polar surface area (TPSA) is 83.1 Å². The van der Waals surface area contributed by atoms with Crippen LogP contribution in [0.5, 0.6) is 0 Å². The number of amides is 3. The van der Waals surface area contributed by atoms with Gasteiger partial charge in [0.05, 0.1) is 10.2 Å². The molecule has 0 bridgehead atoms. The summed E-state index contributed by atoms with van der Waals surface area (Å²) in [5, 5.41) is 8.96. The fourth-order valence-corrected chi connectivity index (χ4v) is 3.78. The highest BCUT2D eigenvalue weighted by atomic mass is 32.1. The molecule has 1 aromatic heterocycles. The SMILES string of the molecule is CCc1ccc(NC(=O)Nc2ccc3sc(NC(=O)c4ccccc4)nc3c2)cc1. The van der Waals surface area contributed by atoms with Gasteiger partial charge in [0, 0.05) is 16.9 Å². The first-order chi connectivity index (χ1) is 14.6. The molecule has 0 aliphatic carbocycles. The molecule has 0 atom stereocenters. The van der Waals surface area contributed by atoms with E-state index in [2.05, 4.69) is 27.9 Å². The molecular weight excluding hydrogens is 396 g/mol. The van der Waals surface area contributed by atoms with Crippen LogP contribution in [0.4, 0.5) is 21.3 Å². The molecule has 3 amide bonds. The summed E-state index contributed by atoms with van der Waals surface area (Å²) in [6.07, 6.45) is 0.952. The minimum atomic E-state index is -0.327. The van der Waals surface area contributed by atoms with Crippen molar-refractivity contribution in [1.29, 1.82) is 0 Å². The van der Waals surface area contributed by atoms with E-state index < -0.39 is 0 Å². The Bertz CT molecular complexity index is 1190. The molecular formula is C23H20N4O2S. The van der Waals surface area contributed by atoms with E-state index in [1.54, 1.807) is 18.2 Å². The van der Waals surface area contributed by atoms with Crippen LogP contribution in [-0.2, 0) is 6.42 Å². The molecule has 0 spiro atoms. The molecule has 0 aliphatic rings. The third-order valence-electron chi connectivity index (χ3n) is 4.52. The van der Waals surface area contributed by atoms with Gasteiger partial charge in [0.1, 0.15) is 0 Å². The van der Waals surface area contributed by atoms with Crippen molar-refractivity contribution in [3.8, 4) is 0 Å². The maximum Gasteiger partial charge on any atom is 0.323 e. The molecule has 0 aliphatic heterocycles. The lowest BCUT2D eigenvalue weighted by molar-refractivity contribution is 0.102. The van der Waals surface area contributed by atoms with Crippen LogP contribution in [0.25, 0.3) is 10.2 Å². The number of nitrogens with zero attached hydrogens (tertiary/aromatic N) is 1. The van der Waals surface area contributed by atoms with Crippen molar-refractivity contribution in [3.63, 3.8) is 0 Å². The van der Waals surface area contributed by atoms with Crippen LogP contribution in [0.2, 0.25) is 0 Å². The monoisotopic (exact) mass is 416 g/mol. The number of rotatable bonds is 5. The molecule has 0 radical (unpaired) electrons. The van der Waals surface area contributed by atoms with Gasteiger partial charge >= 0.3 is 6.03 Å². The third kappa shape index (κ3) is 4.64. The van der Waals surface area contributed by atoms with Gasteiger partial charge in [-0.05, 0) is 54.4 Å². The maximum atomic E-state index is 12.3. The van der Waals surface area contributed by atoms with E-state index in [0.717, 1.165) is 16.8 Å². The number of nitrogens with one attached hydrogen (secondary N) is 3. The van der Waals surface area contributed by atoms with Crippen molar-refractivity contribution in [2.45, 2.75) is 13.3 Å². The smallest absolute Gasteiger partial charge is 0.308 e. The highest BCUT2D eigenvalue weighted by Crippen LogP contribution is 2.28. The van der Waals surface area contributed by atoms with Gasteiger partial charge in [0.15, 0.2) is 5.13 Å². The van der Waals surface area contributed by atoms with E-state index in [4.69, 9.17) is 0 Å². The van der Waals surface area contributed by atoms with Crippen molar-refractivity contribution in [1.82, 2.24) is 4.98 Å². The van der Waals surface area contributed by atoms with Gasteiger partial charge in [-0.1, -0.05) is 48.6 Å². The van der Waals surface area contributed by atoms with E-state index in [1.807, 2.05) is 54.6 Å². The molecule has 3 aromatic carbocycles. The summed E-state index contributed by atoms with van der Waals surface area (Å²) in [6.45, 7) is 2.09. The van der Waals surface area contributed by atoms with Gasteiger partial charge in [-0.25, -0.2) is 9.78 Å². The van der Waals surface area contributed by atoms with Crippen LogP contribution in [0.3, 0.4) is 0 Å². The van der Waals surface area contributed by atoms with Crippen LogP contribution >= 0.6 is 11.3 Å². The number of carbonyl (C=O) groups excluding carboxylic acids is 2. The number of hydrogen-bond acceptors (Lipinski definition) is 4. The highest BCUT2D eigenvalue weighted by molar-refractivity contribution is 7.22. The third-order valence-corrected chi connectivity index (χ3v) is 5.47. The maximum absolute atomic E-state index is 12.3. The van der Waals surface area contributed by atoms with E-state index >= 15 is 0 Å². The first kappa shape index (κ1) is 19.6. The molecule has 0 unspecified atom stereocenters. The Labute approximate surface area is 178 Å². The van der Waals surface area contributed by atoms with Crippen LogP contribution < -0.4 is 16.0 Å². The Balaban J connectivity index is 1.42.